The fourth-order valence-corrected chi connectivity index (χ4v) is 4.94. The van der Waals surface area contributed by atoms with E-state index < -0.39 is 17.3 Å². The van der Waals surface area contributed by atoms with Gasteiger partial charge in [0.25, 0.3) is 0 Å². The quantitative estimate of drug-likeness (QED) is 0.594. The molecular formula is C25H28ClF3N2O3. The van der Waals surface area contributed by atoms with Crippen molar-refractivity contribution in [3.8, 4) is 5.75 Å². The predicted molar refractivity (Wildman–Crippen MR) is 123 cm³/mol. The number of amides is 1. The van der Waals surface area contributed by atoms with Crippen LogP contribution in [0.15, 0.2) is 48.5 Å². The Bertz CT molecular complexity index is 1010. The highest BCUT2D eigenvalue weighted by molar-refractivity contribution is 6.30. The molecule has 5 nitrogen and oxygen atoms in total. The number of nitrogens with one attached hydrogen (secondary N) is 1. The maximum absolute atomic E-state index is 13.6. The number of hydrogen-bond donors (Lipinski definition) is 1. The van der Waals surface area contributed by atoms with Crippen LogP contribution in [0.25, 0.3) is 0 Å². The Labute approximate surface area is 202 Å². The molecule has 0 spiro atoms. The number of carbonyl (C=O) groups excluding carboxylic acids is 1. The number of likely N-dealkylation sites (tertiary alicyclic amines) is 1. The molecule has 0 saturated carbocycles. The zero-order valence-corrected chi connectivity index (χ0v) is 19.7. The minimum atomic E-state index is -4.43. The molecule has 2 atom stereocenters. The molecule has 1 amide bonds. The van der Waals surface area contributed by atoms with Crippen molar-refractivity contribution in [2.24, 2.45) is 0 Å². The summed E-state index contributed by atoms with van der Waals surface area (Å²) in [6, 6.07) is 12.1. The number of alkyl halides is 3. The number of benzene rings is 2. The summed E-state index contributed by atoms with van der Waals surface area (Å²) < 4.78 is 50.6. The topological polar surface area (TPSA) is 50.8 Å². The van der Waals surface area contributed by atoms with Crippen molar-refractivity contribution < 1.29 is 27.4 Å². The summed E-state index contributed by atoms with van der Waals surface area (Å²) >= 11 is 6.11. The number of ether oxygens (including phenoxy) is 2. The molecule has 9 heteroatoms. The fourth-order valence-electron chi connectivity index (χ4n) is 4.74. The summed E-state index contributed by atoms with van der Waals surface area (Å²) in [7, 11) is 0. The standard InChI is InChI=1S/C25H28ClF3N2O3/c1-17(18-4-2-6-20(26)14-18)30-23(32)24(9-12-33-13-10-24)31-11-8-22(16-31)34-21-7-3-5-19(15-21)25(27,28)29/h2-7,14-15,17,22H,8-13,16H2,1H3,(H,30,32)/t17-,22?/m0/s1. The second kappa shape index (κ2) is 10.1. The fraction of sp³-hybridized carbons (Fsp3) is 0.480. The van der Waals surface area contributed by atoms with Crippen molar-refractivity contribution in [2.45, 2.75) is 50.0 Å². The van der Waals surface area contributed by atoms with E-state index >= 15 is 0 Å². The first kappa shape index (κ1) is 24.8. The monoisotopic (exact) mass is 496 g/mol. The van der Waals surface area contributed by atoms with Crippen molar-refractivity contribution in [3.05, 3.63) is 64.7 Å². The van der Waals surface area contributed by atoms with Gasteiger partial charge in [-0.3, -0.25) is 9.69 Å². The van der Waals surface area contributed by atoms with Gasteiger partial charge in [0.05, 0.1) is 11.6 Å². The van der Waals surface area contributed by atoms with Crippen LogP contribution < -0.4 is 10.1 Å². The maximum Gasteiger partial charge on any atom is 0.416 e. The van der Waals surface area contributed by atoms with E-state index in [1.165, 1.54) is 12.1 Å². The van der Waals surface area contributed by atoms with Gasteiger partial charge >= 0.3 is 6.18 Å². The van der Waals surface area contributed by atoms with Crippen molar-refractivity contribution in [1.29, 1.82) is 0 Å². The van der Waals surface area contributed by atoms with Crippen molar-refractivity contribution in [1.82, 2.24) is 10.2 Å². The highest BCUT2D eigenvalue weighted by atomic mass is 35.5. The highest BCUT2D eigenvalue weighted by Crippen LogP contribution is 2.35. The lowest BCUT2D eigenvalue weighted by Gasteiger charge is -2.43. The molecule has 2 heterocycles. The van der Waals surface area contributed by atoms with Gasteiger partial charge < -0.3 is 14.8 Å². The molecule has 2 aromatic rings. The zero-order valence-electron chi connectivity index (χ0n) is 18.9. The molecule has 2 fully saturated rings. The van der Waals surface area contributed by atoms with E-state index in [1.54, 1.807) is 6.07 Å². The molecule has 4 rings (SSSR count). The molecule has 1 N–H and O–H groups in total. The van der Waals surface area contributed by atoms with E-state index in [0.29, 0.717) is 50.6 Å². The van der Waals surface area contributed by atoms with Crippen LogP contribution >= 0.6 is 11.6 Å². The zero-order chi connectivity index (χ0) is 24.3. The predicted octanol–water partition coefficient (Wildman–Crippen LogP) is 5.24. The lowest BCUT2D eigenvalue weighted by Crippen LogP contribution is -2.61. The summed E-state index contributed by atoms with van der Waals surface area (Å²) in [5.74, 6) is 0.102. The SMILES string of the molecule is C[C@H](NC(=O)C1(N2CCC(Oc3cccc(C(F)(F)F)c3)C2)CCOCC1)c1cccc(Cl)c1. The summed E-state index contributed by atoms with van der Waals surface area (Å²) in [6.45, 7) is 3.92. The molecule has 2 aromatic carbocycles. The molecule has 2 aliphatic rings. The summed E-state index contributed by atoms with van der Waals surface area (Å²) in [4.78, 5) is 15.7. The second-order valence-electron chi connectivity index (χ2n) is 8.89. The van der Waals surface area contributed by atoms with E-state index in [1.807, 2.05) is 25.1 Å². The van der Waals surface area contributed by atoms with Gasteiger partial charge in [0.1, 0.15) is 17.4 Å². The summed E-state index contributed by atoms with van der Waals surface area (Å²) in [5.41, 5.74) is -0.581. The van der Waals surface area contributed by atoms with Crippen LogP contribution in [-0.4, -0.2) is 48.8 Å². The molecular weight excluding hydrogens is 469 g/mol. The van der Waals surface area contributed by atoms with Crippen LogP contribution in [0.1, 0.15) is 43.4 Å². The number of carbonyl (C=O) groups is 1. The molecule has 0 radical (unpaired) electrons. The Morgan fingerprint density at radius 2 is 1.94 bits per heavy atom. The van der Waals surface area contributed by atoms with E-state index in [0.717, 1.165) is 17.7 Å². The molecule has 184 valence electrons. The minimum Gasteiger partial charge on any atom is -0.489 e. The third-order valence-corrected chi connectivity index (χ3v) is 6.89. The van der Waals surface area contributed by atoms with Crippen LogP contribution in [0.2, 0.25) is 5.02 Å². The maximum atomic E-state index is 13.6. The minimum absolute atomic E-state index is 0.0806. The van der Waals surface area contributed by atoms with Crippen molar-refractivity contribution in [3.63, 3.8) is 0 Å². The van der Waals surface area contributed by atoms with Crippen LogP contribution in [0.4, 0.5) is 13.2 Å². The van der Waals surface area contributed by atoms with E-state index in [-0.39, 0.29) is 23.8 Å². The Morgan fingerprint density at radius 1 is 1.21 bits per heavy atom. The number of halogens is 4. The first-order chi connectivity index (χ1) is 16.2. The summed E-state index contributed by atoms with van der Waals surface area (Å²) in [6.07, 6.45) is -3.03. The first-order valence-electron chi connectivity index (χ1n) is 11.4. The molecule has 0 aliphatic carbocycles. The number of nitrogens with zero attached hydrogens (tertiary/aromatic N) is 1. The van der Waals surface area contributed by atoms with E-state index in [4.69, 9.17) is 21.1 Å². The van der Waals surface area contributed by atoms with Gasteiger partial charge in [-0.2, -0.15) is 13.2 Å². The average Bonchev–Trinajstić information content (AvgIpc) is 3.28. The molecule has 1 unspecified atom stereocenters. The molecule has 2 saturated heterocycles. The third-order valence-electron chi connectivity index (χ3n) is 6.65. The van der Waals surface area contributed by atoms with Crippen molar-refractivity contribution in [2.75, 3.05) is 26.3 Å². The van der Waals surface area contributed by atoms with Crippen LogP contribution in [0.3, 0.4) is 0 Å². The Hall–Kier alpha value is -2.29. The van der Waals surface area contributed by atoms with Gasteiger partial charge in [-0.25, -0.2) is 0 Å². The van der Waals surface area contributed by atoms with Gasteiger partial charge in [-0.05, 0) is 62.1 Å². The summed E-state index contributed by atoms with van der Waals surface area (Å²) in [5, 5.41) is 3.74. The molecule has 2 aliphatic heterocycles. The van der Waals surface area contributed by atoms with E-state index in [9.17, 15) is 18.0 Å². The number of rotatable bonds is 6. The van der Waals surface area contributed by atoms with Gasteiger partial charge in [0, 0.05) is 31.3 Å². The van der Waals surface area contributed by atoms with Crippen molar-refractivity contribution >= 4 is 17.5 Å². The largest absolute Gasteiger partial charge is 0.489 e. The van der Waals surface area contributed by atoms with Gasteiger partial charge in [-0.1, -0.05) is 29.8 Å². The van der Waals surface area contributed by atoms with Crippen LogP contribution in [0.5, 0.6) is 5.75 Å². The van der Waals surface area contributed by atoms with Gasteiger partial charge in [0.2, 0.25) is 5.91 Å². The highest BCUT2D eigenvalue weighted by Gasteiger charge is 2.48. The average molecular weight is 497 g/mol. The van der Waals surface area contributed by atoms with Gasteiger partial charge in [0.15, 0.2) is 0 Å². The van der Waals surface area contributed by atoms with Crippen LogP contribution in [0, 0.1) is 0 Å². The first-order valence-corrected chi connectivity index (χ1v) is 11.8. The molecule has 0 bridgehead atoms. The smallest absolute Gasteiger partial charge is 0.416 e. The normalized spacial score (nSPS) is 21.7. The van der Waals surface area contributed by atoms with E-state index in [2.05, 4.69) is 10.2 Å². The Balaban J connectivity index is 1.46. The Kier molecular flexibility index (Phi) is 7.40. The molecule has 0 aromatic heterocycles. The van der Waals surface area contributed by atoms with Crippen LogP contribution in [-0.2, 0) is 15.7 Å². The lowest BCUT2D eigenvalue weighted by atomic mass is 9.86. The Morgan fingerprint density at radius 3 is 2.65 bits per heavy atom. The molecule has 34 heavy (non-hydrogen) atoms. The van der Waals surface area contributed by atoms with Gasteiger partial charge in [-0.15, -0.1) is 0 Å². The lowest BCUT2D eigenvalue weighted by molar-refractivity contribution is -0.141. The third kappa shape index (κ3) is 5.50. The second-order valence-corrected chi connectivity index (χ2v) is 9.33. The number of hydrogen-bond acceptors (Lipinski definition) is 4.